The number of nitrogens with zero attached hydrogens (tertiary/aromatic N) is 3. The molecule has 152 valence electrons. The van der Waals surface area contributed by atoms with Gasteiger partial charge in [0.05, 0.1) is 10.7 Å². The molecule has 1 fully saturated rings. The Hall–Kier alpha value is -2.64. The van der Waals surface area contributed by atoms with Crippen molar-refractivity contribution in [1.29, 1.82) is 0 Å². The van der Waals surface area contributed by atoms with Gasteiger partial charge >= 0.3 is 0 Å². The molecule has 2 aromatic rings. The second-order valence-electron chi connectivity index (χ2n) is 6.91. The monoisotopic (exact) mass is 411 g/mol. The zero-order chi connectivity index (χ0) is 20.5. The van der Waals surface area contributed by atoms with Crippen LogP contribution in [0.2, 0.25) is 0 Å². The van der Waals surface area contributed by atoms with Crippen LogP contribution >= 0.6 is 11.8 Å². The molecule has 7 heteroatoms. The molecule has 0 atom stereocenters. The molecule has 1 amide bonds. The summed E-state index contributed by atoms with van der Waals surface area (Å²) in [5.74, 6) is 1.27. The van der Waals surface area contributed by atoms with E-state index in [9.17, 15) is 14.9 Å². The standard InChI is InChI=1S/C22H25N3O3S/c26-22(18-29-17-20-8-10-21(11-9-20)25(27)28)24-15-13-23(14-16-24)12-4-7-19-5-2-1-3-6-19/h1-11H,12-18H2/b7-4+. The van der Waals surface area contributed by atoms with Gasteiger partial charge in [0, 0.05) is 50.6 Å². The van der Waals surface area contributed by atoms with E-state index in [1.165, 1.54) is 17.7 Å². The minimum absolute atomic E-state index is 0.0892. The first kappa shape index (κ1) is 21.1. The minimum Gasteiger partial charge on any atom is -0.339 e. The van der Waals surface area contributed by atoms with Crippen LogP contribution in [0.15, 0.2) is 60.7 Å². The van der Waals surface area contributed by atoms with Crippen LogP contribution in [0.3, 0.4) is 0 Å². The van der Waals surface area contributed by atoms with Crippen LogP contribution in [0.25, 0.3) is 6.08 Å². The molecule has 0 N–H and O–H groups in total. The lowest BCUT2D eigenvalue weighted by molar-refractivity contribution is -0.384. The molecule has 1 aliphatic heterocycles. The topological polar surface area (TPSA) is 66.7 Å². The highest BCUT2D eigenvalue weighted by atomic mass is 32.2. The van der Waals surface area contributed by atoms with Gasteiger partial charge in [-0.15, -0.1) is 11.8 Å². The Kier molecular flexibility index (Phi) is 7.84. The van der Waals surface area contributed by atoms with E-state index in [2.05, 4.69) is 29.2 Å². The van der Waals surface area contributed by atoms with E-state index in [4.69, 9.17) is 0 Å². The van der Waals surface area contributed by atoms with Gasteiger partial charge in [0.1, 0.15) is 0 Å². The van der Waals surface area contributed by atoms with Crippen molar-refractivity contribution >= 4 is 29.4 Å². The molecule has 0 spiro atoms. The van der Waals surface area contributed by atoms with Gasteiger partial charge in [-0.05, 0) is 11.1 Å². The first-order chi connectivity index (χ1) is 14.1. The third-order valence-electron chi connectivity index (χ3n) is 4.84. The Bertz CT molecular complexity index is 832. The van der Waals surface area contributed by atoms with E-state index in [0.29, 0.717) is 11.5 Å². The molecule has 2 aromatic carbocycles. The van der Waals surface area contributed by atoms with Gasteiger partial charge in [0.2, 0.25) is 5.91 Å². The Morgan fingerprint density at radius 3 is 2.38 bits per heavy atom. The van der Waals surface area contributed by atoms with E-state index < -0.39 is 4.92 Å². The van der Waals surface area contributed by atoms with Gasteiger partial charge in [-0.3, -0.25) is 19.8 Å². The summed E-state index contributed by atoms with van der Waals surface area (Å²) in [5, 5.41) is 10.7. The van der Waals surface area contributed by atoms with Crippen molar-refractivity contribution in [3.8, 4) is 0 Å². The fourth-order valence-corrected chi connectivity index (χ4v) is 4.03. The average Bonchev–Trinajstić information content (AvgIpc) is 2.75. The minimum atomic E-state index is -0.405. The maximum absolute atomic E-state index is 12.4. The second-order valence-corrected chi connectivity index (χ2v) is 7.90. The molecule has 1 saturated heterocycles. The summed E-state index contributed by atoms with van der Waals surface area (Å²) in [5.41, 5.74) is 2.28. The van der Waals surface area contributed by atoms with Gasteiger partial charge < -0.3 is 4.90 Å². The van der Waals surface area contributed by atoms with Crippen LogP contribution in [-0.2, 0) is 10.5 Å². The molecular formula is C22H25N3O3S. The molecule has 29 heavy (non-hydrogen) atoms. The molecule has 0 aliphatic carbocycles. The van der Waals surface area contributed by atoms with Gasteiger partial charge in [-0.25, -0.2) is 0 Å². The normalized spacial score (nSPS) is 15.0. The number of carbonyl (C=O) groups excluding carboxylic acids is 1. The van der Waals surface area contributed by atoms with Gasteiger partial charge in [-0.2, -0.15) is 0 Å². The lowest BCUT2D eigenvalue weighted by Crippen LogP contribution is -2.49. The van der Waals surface area contributed by atoms with Crippen LogP contribution in [0, 0.1) is 10.1 Å². The van der Waals surface area contributed by atoms with Crippen molar-refractivity contribution in [3.05, 3.63) is 81.9 Å². The van der Waals surface area contributed by atoms with Crippen LogP contribution in [-0.4, -0.2) is 59.1 Å². The number of non-ortho nitro benzene ring substituents is 1. The highest BCUT2D eigenvalue weighted by molar-refractivity contribution is 7.99. The van der Waals surface area contributed by atoms with E-state index in [1.807, 2.05) is 23.1 Å². The Morgan fingerprint density at radius 2 is 1.72 bits per heavy atom. The highest BCUT2D eigenvalue weighted by Crippen LogP contribution is 2.17. The van der Waals surface area contributed by atoms with E-state index >= 15 is 0 Å². The molecule has 6 nitrogen and oxygen atoms in total. The van der Waals surface area contributed by atoms with Crippen molar-refractivity contribution in [1.82, 2.24) is 9.80 Å². The molecule has 0 aromatic heterocycles. The second kappa shape index (κ2) is 10.8. The fraction of sp³-hybridized carbons (Fsp3) is 0.318. The SMILES string of the molecule is O=C(CSCc1ccc([N+](=O)[O-])cc1)N1CCN(C/C=C/c2ccccc2)CC1. The van der Waals surface area contributed by atoms with Gasteiger partial charge in [0.15, 0.2) is 0 Å². The van der Waals surface area contributed by atoms with Crippen LogP contribution < -0.4 is 0 Å². The zero-order valence-corrected chi connectivity index (χ0v) is 17.1. The number of amides is 1. The van der Waals surface area contributed by atoms with Crippen LogP contribution in [0.4, 0.5) is 5.69 Å². The number of nitro benzene ring substituents is 1. The number of nitro groups is 1. The molecule has 1 heterocycles. The number of piperazine rings is 1. The summed E-state index contributed by atoms with van der Waals surface area (Å²) in [6.07, 6.45) is 4.30. The molecular weight excluding hydrogens is 386 g/mol. The summed E-state index contributed by atoms with van der Waals surface area (Å²) in [4.78, 5) is 27.0. The Labute approximate surface area is 175 Å². The number of carbonyl (C=O) groups is 1. The molecule has 0 radical (unpaired) electrons. The lowest BCUT2D eigenvalue weighted by Gasteiger charge is -2.34. The summed E-state index contributed by atoms with van der Waals surface area (Å²) in [7, 11) is 0. The molecule has 3 rings (SSSR count). The van der Waals surface area contributed by atoms with Gasteiger partial charge in [-0.1, -0.05) is 54.6 Å². The van der Waals surface area contributed by atoms with Crippen molar-refractivity contribution < 1.29 is 9.72 Å². The molecule has 0 bridgehead atoms. The zero-order valence-electron chi connectivity index (χ0n) is 16.3. The Morgan fingerprint density at radius 1 is 1.03 bits per heavy atom. The summed E-state index contributed by atoms with van der Waals surface area (Å²) >= 11 is 1.55. The first-order valence-corrected chi connectivity index (χ1v) is 10.8. The maximum atomic E-state index is 12.4. The first-order valence-electron chi connectivity index (χ1n) is 9.64. The fourth-order valence-electron chi connectivity index (χ4n) is 3.14. The molecule has 1 aliphatic rings. The van der Waals surface area contributed by atoms with E-state index in [0.717, 1.165) is 38.3 Å². The highest BCUT2D eigenvalue weighted by Gasteiger charge is 2.20. The number of hydrogen-bond acceptors (Lipinski definition) is 5. The average molecular weight is 412 g/mol. The molecule has 0 saturated carbocycles. The predicted molar refractivity (Wildman–Crippen MR) is 118 cm³/mol. The smallest absolute Gasteiger partial charge is 0.269 e. The largest absolute Gasteiger partial charge is 0.339 e. The number of hydrogen-bond donors (Lipinski definition) is 0. The predicted octanol–water partition coefficient (Wildman–Crippen LogP) is 3.69. The van der Waals surface area contributed by atoms with Crippen molar-refractivity contribution in [2.75, 3.05) is 38.5 Å². The van der Waals surface area contributed by atoms with Crippen molar-refractivity contribution in [3.63, 3.8) is 0 Å². The number of benzene rings is 2. The van der Waals surface area contributed by atoms with Crippen LogP contribution in [0.5, 0.6) is 0 Å². The Balaban J connectivity index is 1.34. The van der Waals surface area contributed by atoms with E-state index in [1.54, 1.807) is 23.9 Å². The van der Waals surface area contributed by atoms with Crippen LogP contribution in [0.1, 0.15) is 11.1 Å². The quantitative estimate of drug-likeness (QED) is 0.490. The number of rotatable bonds is 8. The number of thioether (sulfide) groups is 1. The summed E-state index contributed by atoms with van der Waals surface area (Å²) < 4.78 is 0. The summed E-state index contributed by atoms with van der Waals surface area (Å²) in [6, 6.07) is 16.7. The maximum Gasteiger partial charge on any atom is 0.269 e. The van der Waals surface area contributed by atoms with Crippen molar-refractivity contribution in [2.24, 2.45) is 0 Å². The van der Waals surface area contributed by atoms with Crippen molar-refractivity contribution in [2.45, 2.75) is 5.75 Å². The lowest BCUT2D eigenvalue weighted by atomic mass is 10.2. The molecule has 0 unspecified atom stereocenters. The van der Waals surface area contributed by atoms with E-state index in [-0.39, 0.29) is 11.6 Å². The third-order valence-corrected chi connectivity index (χ3v) is 5.83. The third kappa shape index (κ3) is 6.73. The van der Waals surface area contributed by atoms with Gasteiger partial charge in [0.25, 0.3) is 5.69 Å². The summed E-state index contributed by atoms with van der Waals surface area (Å²) in [6.45, 7) is 4.19.